The molecule has 4 aromatic carbocycles. The van der Waals surface area contributed by atoms with Gasteiger partial charge in [0.2, 0.25) is 0 Å². The molecule has 4 rings (SSSR count). The Balaban J connectivity index is 1.79. The molecule has 5 heteroatoms. The van der Waals surface area contributed by atoms with E-state index in [4.69, 9.17) is 0 Å². The summed E-state index contributed by atoms with van der Waals surface area (Å²) in [6.07, 6.45) is 3.41. The number of carbonyl (C=O) groups is 2. The van der Waals surface area contributed by atoms with Crippen LogP contribution < -0.4 is 5.32 Å². The van der Waals surface area contributed by atoms with Crippen molar-refractivity contribution in [2.45, 2.75) is 0 Å². The Hall–Kier alpha value is -4.12. The van der Waals surface area contributed by atoms with Gasteiger partial charge in [0.15, 0.2) is 0 Å². The molecule has 0 heterocycles. The van der Waals surface area contributed by atoms with Crippen LogP contribution in [-0.2, 0) is 4.79 Å². The molecule has 0 aliphatic carbocycles. The lowest BCUT2D eigenvalue weighted by Gasteiger charge is -2.12. The van der Waals surface area contributed by atoms with Gasteiger partial charge in [-0.2, -0.15) is 0 Å². The third kappa shape index (κ3) is 4.26. The monoisotopic (exact) mass is 413 g/mol. The first-order valence-electron chi connectivity index (χ1n) is 9.57. The molecule has 0 radical (unpaired) electrons. The van der Waals surface area contributed by atoms with E-state index in [-0.39, 0.29) is 5.69 Å². The number of fused-ring (bicyclic) bond motifs is 1. The van der Waals surface area contributed by atoms with Crippen LogP contribution in [-0.4, -0.2) is 12.2 Å². The van der Waals surface area contributed by atoms with Crippen molar-refractivity contribution in [3.63, 3.8) is 0 Å². The first-order chi connectivity index (χ1) is 15.1. The van der Waals surface area contributed by atoms with Crippen molar-refractivity contribution >= 4 is 34.7 Å². The summed E-state index contributed by atoms with van der Waals surface area (Å²) in [6, 6.07) is 21.1. The maximum absolute atomic E-state index is 14.4. The summed E-state index contributed by atoms with van der Waals surface area (Å²) in [7, 11) is 0. The van der Waals surface area contributed by atoms with Crippen molar-refractivity contribution in [3.05, 3.63) is 108 Å². The average Bonchev–Trinajstić information content (AvgIpc) is 2.79. The van der Waals surface area contributed by atoms with Crippen LogP contribution in [0.5, 0.6) is 0 Å². The van der Waals surface area contributed by atoms with Gasteiger partial charge in [-0.1, -0.05) is 54.6 Å². The van der Waals surface area contributed by atoms with Crippen LogP contribution in [0, 0.1) is 11.6 Å². The van der Waals surface area contributed by atoms with Crippen molar-refractivity contribution in [1.29, 1.82) is 0 Å². The zero-order valence-corrected chi connectivity index (χ0v) is 16.3. The van der Waals surface area contributed by atoms with E-state index in [1.54, 1.807) is 36.4 Å². The molecular formula is C26H17F2NO2. The molecule has 0 atom stereocenters. The maximum Gasteiger partial charge on any atom is 0.256 e. The number of anilines is 1. The van der Waals surface area contributed by atoms with E-state index in [9.17, 15) is 18.4 Å². The van der Waals surface area contributed by atoms with Gasteiger partial charge in [0.25, 0.3) is 5.91 Å². The van der Waals surface area contributed by atoms with Crippen LogP contribution in [0.15, 0.2) is 84.9 Å². The SMILES string of the molecule is O=CC=Cc1ccc(F)c(NC(=O)c2cc(-c3ccccc3F)cc3ccccc23)c1. The predicted octanol–water partition coefficient (Wildman–Crippen LogP) is 6.25. The quantitative estimate of drug-likeness (QED) is 0.311. The van der Waals surface area contributed by atoms with E-state index in [0.717, 1.165) is 5.39 Å². The fraction of sp³-hybridized carbons (Fsp3) is 0. The molecule has 0 fully saturated rings. The van der Waals surface area contributed by atoms with Gasteiger partial charge in [0, 0.05) is 11.1 Å². The second kappa shape index (κ2) is 8.71. The molecule has 0 aliphatic rings. The van der Waals surface area contributed by atoms with E-state index < -0.39 is 17.5 Å². The number of nitrogens with one attached hydrogen (secondary N) is 1. The topological polar surface area (TPSA) is 46.2 Å². The Bertz CT molecular complexity index is 1330. The minimum absolute atomic E-state index is 0.0153. The van der Waals surface area contributed by atoms with Gasteiger partial charge >= 0.3 is 0 Å². The Kier molecular flexibility index (Phi) is 5.67. The highest BCUT2D eigenvalue weighted by atomic mass is 19.1. The number of aldehydes is 1. The third-order valence-electron chi connectivity index (χ3n) is 4.90. The van der Waals surface area contributed by atoms with Crippen molar-refractivity contribution in [2.75, 3.05) is 5.32 Å². The lowest BCUT2D eigenvalue weighted by molar-refractivity contribution is -0.104. The molecule has 152 valence electrons. The lowest BCUT2D eigenvalue weighted by Crippen LogP contribution is -2.14. The van der Waals surface area contributed by atoms with Gasteiger partial charge in [-0.05, 0) is 58.3 Å². The van der Waals surface area contributed by atoms with E-state index in [1.165, 1.54) is 36.4 Å². The van der Waals surface area contributed by atoms with E-state index in [0.29, 0.717) is 33.9 Å². The largest absolute Gasteiger partial charge is 0.319 e. The second-order valence-electron chi connectivity index (χ2n) is 6.91. The highest BCUT2D eigenvalue weighted by Crippen LogP contribution is 2.30. The number of hydrogen-bond acceptors (Lipinski definition) is 2. The van der Waals surface area contributed by atoms with Gasteiger partial charge in [0.05, 0.1) is 5.69 Å². The first kappa shape index (κ1) is 20.2. The van der Waals surface area contributed by atoms with Crippen molar-refractivity contribution < 1.29 is 18.4 Å². The number of hydrogen-bond donors (Lipinski definition) is 1. The number of benzene rings is 4. The van der Waals surface area contributed by atoms with E-state index in [2.05, 4.69) is 5.32 Å². The Morgan fingerprint density at radius 1 is 0.839 bits per heavy atom. The molecule has 1 amide bonds. The fourth-order valence-electron chi connectivity index (χ4n) is 3.43. The van der Waals surface area contributed by atoms with E-state index >= 15 is 0 Å². The van der Waals surface area contributed by atoms with Crippen LogP contribution in [0.25, 0.3) is 28.0 Å². The fourth-order valence-corrected chi connectivity index (χ4v) is 3.43. The smallest absolute Gasteiger partial charge is 0.256 e. The Morgan fingerprint density at radius 3 is 2.42 bits per heavy atom. The van der Waals surface area contributed by atoms with Crippen molar-refractivity contribution in [1.82, 2.24) is 0 Å². The van der Waals surface area contributed by atoms with Gasteiger partial charge < -0.3 is 5.32 Å². The van der Waals surface area contributed by atoms with Gasteiger partial charge in [-0.15, -0.1) is 0 Å². The zero-order chi connectivity index (χ0) is 21.8. The molecule has 0 bridgehead atoms. The molecule has 0 saturated heterocycles. The molecule has 0 saturated carbocycles. The molecule has 31 heavy (non-hydrogen) atoms. The Morgan fingerprint density at radius 2 is 1.61 bits per heavy atom. The van der Waals surface area contributed by atoms with Crippen LogP contribution in [0.1, 0.15) is 15.9 Å². The minimum atomic E-state index is -0.605. The van der Waals surface area contributed by atoms with Crippen molar-refractivity contribution in [2.24, 2.45) is 0 Å². The highest BCUT2D eigenvalue weighted by molar-refractivity contribution is 6.14. The minimum Gasteiger partial charge on any atom is -0.319 e. The number of halogens is 2. The summed E-state index contributed by atoms with van der Waals surface area (Å²) < 4.78 is 28.7. The normalized spacial score (nSPS) is 11.0. The van der Waals surface area contributed by atoms with Crippen LogP contribution in [0.2, 0.25) is 0 Å². The second-order valence-corrected chi connectivity index (χ2v) is 6.91. The molecule has 4 aromatic rings. The highest BCUT2D eigenvalue weighted by Gasteiger charge is 2.16. The third-order valence-corrected chi connectivity index (χ3v) is 4.90. The van der Waals surface area contributed by atoms with Crippen LogP contribution >= 0.6 is 0 Å². The number of rotatable bonds is 5. The summed E-state index contributed by atoms with van der Waals surface area (Å²) in [5, 5.41) is 4.02. The molecule has 3 nitrogen and oxygen atoms in total. The number of amides is 1. The molecule has 0 aliphatic heterocycles. The standard InChI is InChI=1S/C26H17F2NO2/c27-23-10-4-3-9-21(23)19-15-18-7-1-2-8-20(18)22(16-19)26(31)29-25-14-17(6-5-13-30)11-12-24(25)28/h1-16H,(H,29,31). The molecule has 1 N–H and O–H groups in total. The maximum atomic E-state index is 14.4. The predicted molar refractivity (Wildman–Crippen MR) is 119 cm³/mol. The summed E-state index contributed by atoms with van der Waals surface area (Å²) in [5.41, 5.74) is 1.76. The molecule has 0 unspecified atom stereocenters. The van der Waals surface area contributed by atoms with Crippen LogP contribution in [0.4, 0.5) is 14.5 Å². The molecule has 0 aromatic heterocycles. The van der Waals surface area contributed by atoms with Gasteiger partial charge in [-0.3, -0.25) is 9.59 Å². The van der Waals surface area contributed by atoms with Gasteiger partial charge in [0.1, 0.15) is 17.9 Å². The summed E-state index contributed by atoms with van der Waals surface area (Å²) in [6.45, 7) is 0. The van der Waals surface area contributed by atoms with E-state index in [1.807, 2.05) is 18.2 Å². The summed E-state index contributed by atoms with van der Waals surface area (Å²) in [5.74, 6) is -1.53. The molecule has 0 spiro atoms. The zero-order valence-electron chi connectivity index (χ0n) is 16.3. The lowest BCUT2D eigenvalue weighted by atomic mass is 9.96. The Labute approximate surface area is 177 Å². The van der Waals surface area contributed by atoms with Crippen LogP contribution in [0.3, 0.4) is 0 Å². The summed E-state index contributed by atoms with van der Waals surface area (Å²) >= 11 is 0. The number of carbonyl (C=O) groups excluding carboxylic acids is 2. The number of allylic oxidation sites excluding steroid dienone is 1. The van der Waals surface area contributed by atoms with Crippen molar-refractivity contribution in [3.8, 4) is 11.1 Å². The first-order valence-corrected chi connectivity index (χ1v) is 9.57. The molecular weight excluding hydrogens is 396 g/mol. The summed E-state index contributed by atoms with van der Waals surface area (Å²) in [4.78, 5) is 23.7. The van der Waals surface area contributed by atoms with Gasteiger partial charge in [-0.25, -0.2) is 8.78 Å². The average molecular weight is 413 g/mol.